The van der Waals surface area contributed by atoms with Crippen LogP contribution in [0.4, 0.5) is 5.69 Å². The fraction of sp³-hybridized carbons (Fsp3) is 0.0800. The van der Waals surface area contributed by atoms with Crippen molar-refractivity contribution in [3.05, 3.63) is 82.6 Å². The van der Waals surface area contributed by atoms with Crippen LogP contribution >= 0.6 is 15.9 Å². The van der Waals surface area contributed by atoms with Crippen LogP contribution in [0.3, 0.4) is 0 Å². The maximum absolute atomic E-state index is 12.1. The Morgan fingerprint density at radius 2 is 2.00 bits per heavy atom. The largest absolute Gasteiger partial charge is 0.497 e. The summed E-state index contributed by atoms with van der Waals surface area (Å²) in [6.45, 7) is -0.130. The summed E-state index contributed by atoms with van der Waals surface area (Å²) >= 11 is 3.47. The second-order valence-electron chi connectivity index (χ2n) is 7.03. The molecule has 0 fully saturated rings. The Hall–Kier alpha value is -4.09. The van der Waals surface area contributed by atoms with Crippen LogP contribution in [-0.4, -0.2) is 29.6 Å². The van der Waals surface area contributed by atoms with Gasteiger partial charge in [0.05, 0.1) is 28.2 Å². The van der Waals surface area contributed by atoms with E-state index < -0.39 is 0 Å². The van der Waals surface area contributed by atoms with Crippen LogP contribution in [0.1, 0.15) is 11.4 Å². The summed E-state index contributed by atoms with van der Waals surface area (Å²) in [7, 11) is 1.60. The molecule has 0 saturated heterocycles. The molecule has 4 aromatic rings. The third kappa shape index (κ3) is 5.40. The molecule has 3 aromatic carbocycles. The lowest BCUT2D eigenvalue weighted by Gasteiger charge is -2.09. The lowest BCUT2D eigenvalue weighted by Crippen LogP contribution is -2.20. The van der Waals surface area contributed by atoms with E-state index in [1.807, 2.05) is 42.5 Å². The number of ether oxygens (including phenoxy) is 2. The second-order valence-corrected chi connectivity index (χ2v) is 7.89. The van der Waals surface area contributed by atoms with Gasteiger partial charge >= 0.3 is 0 Å². The third-order valence-electron chi connectivity index (χ3n) is 4.75. The Kier molecular flexibility index (Phi) is 6.72. The number of allylic oxidation sites excluding steroid dienone is 1. The first-order valence-electron chi connectivity index (χ1n) is 9.99. The Morgan fingerprint density at radius 1 is 1.18 bits per heavy atom. The maximum Gasteiger partial charge on any atom is 0.262 e. The number of aromatic nitrogens is 2. The fourth-order valence-corrected chi connectivity index (χ4v) is 3.66. The van der Waals surface area contributed by atoms with Gasteiger partial charge < -0.3 is 19.8 Å². The van der Waals surface area contributed by atoms with E-state index in [2.05, 4.69) is 37.3 Å². The van der Waals surface area contributed by atoms with Crippen LogP contribution in [0.5, 0.6) is 11.5 Å². The van der Waals surface area contributed by atoms with Crippen molar-refractivity contribution in [3.63, 3.8) is 0 Å². The van der Waals surface area contributed by atoms with Crippen LogP contribution in [-0.2, 0) is 4.79 Å². The highest BCUT2D eigenvalue weighted by molar-refractivity contribution is 9.10. The van der Waals surface area contributed by atoms with Crippen LogP contribution in [0, 0.1) is 11.3 Å². The van der Waals surface area contributed by atoms with E-state index in [4.69, 9.17) is 9.47 Å². The van der Waals surface area contributed by atoms with Gasteiger partial charge in [-0.1, -0.05) is 24.3 Å². The average Bonchev–Trinajstić information content (AvgIpc) is 3.25. The number of H-pyrrole nitrogens is 1. The van der Waals surface area contributed by atoms with Crippen molar-refractivity contribution in [1.82, 2.24) is 9.97 Å². The molecule has 0 aliphatic heterocycles. The number of amides is 1. The van der Waals surface area contributed by atoms with Gasteiger partial charge in [-0.25, -0.2) is 4.98 Å². The quantitative estimate of drug-likeness (QED) is 0.329. The van der Waals surface area contributed by atoms with Gasteiger partial charge in [0.25, 0.3) is 5.91 Å². The van der Waals surface area contributed by atoms with Crippen molar-refractivity contribution in [2.75, 3.05) is 19.0 Å². The highest BCUT2D eigenvalue weighted by Crippen LogP contribution is 2.28. The van der Waals surface area contributed by atoms with Crippen molar-refractivity contribution in [3.8, 4) is 17.6 Å². The van der Waals surface area contributed by atoms with E-state index in [1.54, 1.807) is 37.5 Å². The fourth-order valence-electron chi connectivity index (χ4n) is 3.15. The number of nitrogens with zero attached hydrogens (tertiary/aromatic N) is 2. The zero-order chi connectivity index (χ0) is 23.2. The number of hydrogen-bond acceptors (Lipinski definition) is 5. The summed E-state index contributed by atoms with van der Waals surface area (Å²) < 4.78 is 11.5. The number of nitriles is 1. The van der Waals surface area contributed by atoms with Crippen LogP contribution < -0.4 is 14.8 Å². The van der Waals surface area contributed by atoms with Gasteiger partial charge in [-0.15, -0.1) is 0 Å². The Bertz CT molecular complexity index is 1370. The SMILES string of the molecule is COc1ccc2nc(C(C#N)=Cc3ccc(OCC(=O)Nc4ccccc4)c(Br)c3)[nH]c2c1. The second kappa shape index (κ2) is 10.0. The van der Waals surface area contributed by atoms with Crippen molar-refractivity contribution in [1.29, 1.82) is 5.26 Å². The summed E-state index contributed by atoms with van der Waals surface area (Å²) in [5.74, 6) is 1.43. The lowest BCUT2D eigenvalue weighted by atomic mass is 10.1. The Morgan fingerprint density at radius 3 is 2.73 bits per heavy atom. The predicted octanol–water partition coefficient (Wildman–Crippen LogP) is 5.42. The molecule has 1 amide bonds. The van der Waals surface area contributed by atoms with Crippen molar-refractivity contribution < 1.29 is 14.3 Å². The monoisotopic (exact) mass is 502 g/mol. The molecule has 8 heteroatoms. The number of methoxy groups -OCH3 is 1. The summed E-state index contributed by atoms with van der Waals surface area (Å²) in [5.41, 5.74) is 3.39. The van der Waals surface area contributed by atoms with Crippen LogP contribution in [0.25, 0.3) is 22.7 Å². The topological polar surface area (TPSA) is 100 Å². The van der Waals surface area contributed by atoms with E-state index >= 15 is 0 Å². The number of imidazole rings is 1. The number of aromatic amines is 1. The molecule has 1 aromatic heterocycles. The molecule has 0 aliphatic carbocycles. The zero-order valence-electron chi connectivity index (χ0n) is 17.6. The number of halogens is 1. The van der Waals surface area contributed by atoms with Crippen LogP contribution in [0.15, 0.2) is 71.2 Å². The molecule has 0 spiro atoms. The van der Waals surface area contributed by atoms with E-state index in [1.165, 1.54) is 0 Å². The summed E-state index contributed by atoms with van der Waals surface area (Å²) in [4.78, 5) is 19.8. The maximum atomic E-state index is 12.1. The van der Waals surface area contributed by atoms with Gasteiger partial charge in [0.15, 0.2) is 6.61 Å². The minimum absolute atomic E-state index is 0.130. The number of benzene rings is 3. The van der Waals surface area contributed by atoms with Gasteiger partial charge in [-0.05, 0) is 64.0 Å². The minimum atomic E-state index is -0.259. The smallest absolute Gasteiger partial charge is 0.262 e. The van der Waals surface area contributed by atoms with Crippen molar-refractivity contribution >= 4 is 50.2 Å². The highest BCUT2D eigenvalue weighted by Gasteiger charge is 2.11. The average molecular weight is 503 g/mol. The molecular weight excluding hydrogens is 484 g/mol. The number of para-hydroxylation sites is 1. The first-order chi connectivity index (χ1) is 16.1. The van der Waals surface area contributed by atoms with E-state index in [-0.39, 0.29) is 12.5 Å². The molecule has 0 aliphatic rings. The predicted molar refractivity (Wildman–Crippen MR) is 131 cm³/mol. The number of fused-ring (bicyclic) bond motifs is 1. The normalized spacial score (nSPS) is 11.1. The highest BCUT2D eigenvalue weighted by atomic mass is 79.9. The summed E-state index contributed by atoms with van der Waals surface area (Å²) in [6, 6.07) is 22.2. The Balaban J connectivity index is 1.47. The molecule has 4 rings (SSSR count). The first kappa shape index (κ1) is 22.1. The molecule has 0 bridgehead atoms. The molecular formula is C25H19BrN4O3. The number of carbonyl (C=O) groups excluding carboxylic acids is 1. The van der Waals surface area contributed by atoms with E-state index in [9.17, 15) is 10.1 Å². The van der Waals surface area contributed by atoms with Crippen molar-refractivity contribution in [2.24, 2.45) is 0 Å². The molecule has 0 radical (unpaired) electrons. The number of anilines is 1. The standard InChI is InChI=1S/C25H19BrN4O3/c1-32-19-8-9-21-22(13-19)30-25(29-21)17(14-27)11-16-7-10-23(20(26)12-16)33-15-24(31)28-18-5-3-2-4-6-18/h2-13H,15H2,1H3,(H,28,31)(H,29,30). The molecule has 0 saturated carbocycles. The minimum Gasteiger partial charge on any atom is -0.497 e. The zero-order valence-corrected chi connectivity index (χ0v) is 19.2. The van der Waals surface area contributed by atoms with E-state index in [0.717, 1.165) is 16.6 Å². The number of rotatable bonds is 7. The molecule has 164 valence electrons. The molecule has 1 heterocycles. The Labute approximate surface area is 198 Å². The molecule has 33 heavy (non-hydrogen) atoms. The number of hydrogen-bond donors (Lipinski definition) is 2. The van der Waals surface area contributed by atoms with E-state index in [0.29, 0.717) is 33.1 Å². The molecule has 0 atom stereocenters. The van der Waals surface area contributed by atoms with Crippen LogP contribution in [0.2, 0.25) is 0 Å². The molecule has 2 N–H and O–H groups in total. The van der Waals surface area contributed by atoms with Gasteiger partial charge in [0, 0.05) is 11.8 Å². The summed E-state index contributed by atoms with van der Waals surface area (Å²) in [5, 5.41) is 12.4. The van der Waals surface area contributed by atoms with Gasteiger partial charge in [0.1, 0.15) is 23.4 Å². The lowest BCUT2D eigenvalue weighted by molar-refractivity contribution is -0.118. The molecule has 0 unspecified atom stereocenters. The van der Waals surface area contributed by atoms with Crippen molar-refractivity contribution in [2.45, 2.75) is 0 Å². The third-order valence-corrected chi connectivity index (χ3v) is 5.37. The summed E-state index contributed by atoms with van der Waals surface area (Å²) in [6.07, 6.45) is 1.73. The first-order valence-corrected chi connectivity index (χ1v) is 10.8. The molecule has 7 nitrogen and oxygen atoms in total. The van der Waals surface area contributed by atoms with Gasteiger partial charge in [0.2, 0.25) is 0 Å². The number of carbonyl (C=O) groups is 1. The van der Waals surface area contributed by atoms with Gasteiger partial charge in [-0.2, -0.15) is 5.26 Å². The van der Waals surface area contributed by atoms with Gasteiger partial charge in [-0.3, -0.25) is 4.79 Å². The number of nitrogens with one attached hydrogen (secondary N) is 2.